The zero-order valence-corrected chi connectivity index (χ0v) is 18.1. The Bertz CT molecular complexity index is 1120. The van der Waals surface area contributed by atoms with Gasteiger partial charge in [0.15, 0.2) is 0 Å². The molecule has 1 amide bonds. The van der Waals surface area contributed by atoms with Gasteiger partial charge in [-0.25, -0.2) is 4.68 Å². The molecule has 1 aliphatic rings. The van der Waals surface area contributed by atoms with Crippen LogP contribution in [0.4, 0.5) is 0 Å². The third-order valence-corrected chi connectivity index (χ3v) is 6.29. The fraction of sp³-hybridized carbons (Fsp3) is 0.458. The van der Waals surface area contributed by atoms with E-state index in [1.165, 1.54) is 12.8 Å². The van der Waals surface area contributed by atoms with Crippen molar-refractivity contribution >= 4 is 16.9 Å². The molecule has 0 unspecified atom stereocenters. The lowest BCUT2D eigenvalue weighted by molar-refractivity contribution is -0.131. The van der Waals surface area contributed by atoms with E-state index in [1.807, 2.05) is 53.8 Å². The smallest absolute Gasteiger partial charge is 0.255 e. The van der Waals surface area contributed by atoms with Gasteiger partial charge >= 0.3 is 0 Å². The predicted molar refractivity (Wildman–Crippen MR) is 119 cm³/mol. The summed E-state index contributed by atoms with van der Waals surface area (Å²) >= 11 is 0. The maximum absolute atomic E-state index is 13.2. The van der Waals surface area contributed by atoms with Crippen LogP contribution in [0.5, 0.6) is 0 Å². The van der Waals surface area contributed by atoms with Crippen LogP contribution in [0.2, 0.25) is 0 Å². The van der Waals surface area contributed by atoms with Gasteiger partial charge in [0.25, 0.3) is 5.56 Å². The van der Waals surface area contributed by atoms with E-state index in [4.69, 9.17) is 5.10 Å². The van der Waals surface area contributed by atoms with Crippen LogP contribution in [0, 0.1) is 13.8 Å². The number of aryl methyl sites for hydroxylation is 3. The third-order valence-electron chi connectivity index (χ3n) is 6.29. The number of fused-ring (bicyclic) bond motifs is 1. The zero-order valence-electron chi connectivity index (χ0n) is 18.1. The molecule has 0 spiro atoms. The van der Waals surface area contributed by atoms with E-state index in [0.717, 1.165) is 59.5 Å². The molecule has 4 rings (SSSR count). The van der Waals surface area contributed by atoms with Gasteiger partial charge in [0.05, 0.1) is 11.4 Å². The highest BCUT2D eigenvalue weighted by atomic mass is 16.2. The summed E-state index contributed by atoms with van der Waals surface area (Å²) in [6.07, 6.45) is 5.41. The average Bonchev–Trinajstić information content (AvgIpc) is 2.92. The van der Waals surface area contributed by atoms with Crippen molar-refractivity contribution in [2.45, 2.75) is 52.4 Å². The molecule has 1 aliphatic heterocycles. The number of amides is 1. The monoisotopic (exact) mass is 406 g/mol. The first-order chi connectivity index (χ1) is 14.5. The summed E-state index contributed by atoms with van der Waals surface area (Å²) in [5.74, 6) is 0.162. The molecular formula is C24H30N4O2. The lowest BCUT2D eigenvalue weighted by atomic mass is 10.0. The van der Waals surface area contributed by atoms with Crippen LogP contribution in [0.3, 0.4) is 0 Å². The van der Waals surface area contributed by atoms with Gasteiger partial charge in [-0.05, 0) is 50.8 Å². The van der Waals surface area contributed by atoms with E-state index in [1.54, 1.807) is 11.6 Å². The van der Waals surface area contributed by atoms with Gasteiger partial charge in [0.1, 0.15) is 5.65 Å². The zero-order chi connectivity index (χ0) is 21.3. The number of carbonyl (C=O) groups is 1. The molecule has 1 aromatic carbocycles. The first kappa shape index (κ1) is 20.4. The van der Waals surface area contributed by atoms with Crippen molar-refractivity contribution in [1.82, 2.24) is 19.2 Å². The second kappa shape index (κ2) is 8.46. The first-order valence-electron chi connectivity index (χ1n) is 10.9. The van der Waals surface area contributed by atoms with Crippen LogP contribution in [-0.2, 0) is 18.3 Å². The summed E-state index contributed by atoms with van der Waals surface area (Å²) in [5, 5.41) is 5.72. The standard InChI is InChI=1S/C24H30N4O2/c1-17-20(13-14-21(29)27-15-9-4-5-10-16-27)24(30)26(3)23-22(17)18(2)25-28(23)19-11-7-6-8-12-19/h6-8,11-12H,4-5,9-10,13-16H2,1-3H3. The number of para-hydroxylation sites is 1. The molecule has 0 N–H and O–H groups in total. The highest BCUT2D eigenvalue weighted by molar-refractivity contribution is 5.85. The summed E-state index contributed by atoms with van der Waals surface area (Å²) in [6, 6.07) is 9.86. The Labute approximate surface area is 177 Å². The van der Waals surface area contributed by atoms with Crippen molar-refractivity contribution in [2.75, 3.05) is 13.1 Å². The summed E-state index contributed by atoms with van der Waals surface area (Å²) in [6.45, 7) is 5.65. The molecule has 0 bridgehead atoms. The van der Waals surface area contributed by atoms with E-state index < -0.39 is 0 Å². The second-order valence-electron chi connectivity index (χ2n) is 8.29. The van der Waals surface area contributed by atoms with Crippen LogP contribution in [0.1, 0.15) is 48.9 Å². The molecular weight excluding hydrogens is 376 g/mol. The Morgan fingerprint density at radius 1 is 1.03 bits per heavy atom. The van der Waals surface area contributed by atoms with E-state index in [9.17, 15) is 9.59 Å². The second-order valence-corrected chi connectivity index (χ2v) is 8.29. The Hall–Kier alpha value is -2.89. The number of hydrogen-bond acceptors (Lipinski definition) is 3. The van der Waals surface area contributed by atoms with E-state index >= 15 is 0 Å². The first-order valence-corrected chi connectivity index (χ1v) is 10.9. The number of pyridine rings is 1. The molecule has 6 nitrogen and oxygen atoms in total. The summed E-state index contributed by atoms with van der Waals surface area (Å²) in [5.41, 5.74) is 4.24. The minimum absolute atomic E-state index is 0.0410. The van der Waals surface area contributed by atoms with E-state index in [-0.39, 0.29) is 11.5 Å². The van der Waals surface area contributed by atoms with Crippen molar-refractivity contribution in [2.24, 2.45) is 7.05 Å². The topological polar surface area (TPSA) is 60.1 Å². The Morgan fingerprint density at radius 3 is 2.37 bits per heavy atom. The van der Waals surface area contributed by atoms with Gasteiger partial charge in [-0.1, -0.05) is 31.0 Å². The molecule has 0 aliphatic carbocycles. The molecule has 0 radical (unpaired) electrons. The molecule has 158 valence electrons. The van der Waals surface area contributed by atoms with Gasteiger partial charge in [-0.2, -0.15) is 5.10 Å². The molecule has 0 atom stereocenters. The summed E-state index contributed by atoms with van der Waals surface area (Å²) < 4.78 is 3.52. The van der Waals surface area contributed by atoms with Crippen molar-refractivity contribution in [1.29, 1.82) is 0 Å². The molecule has 0 saturated carbocycles. The molecule has 2 aromatic heterocycles. The largest absolute Gasteiger partial charge is 0.343 e. The molecule has 3 heterocycles. The van der Waals surface area contributed by atoms with Gasteiger partial charge in [-0.3, -0.25) is 14.2 Å². The normalized spacial score (nSPS) is 14.8. The molecule has 1 saturated heterocycles. The SMILES string of the molecule is Cc1nn(-c2ccccc2)c2c1c(C)c(CCC(=O)N1CCCCCC1)c(=O)n2C. The minimum Gasteiger partial charge on any atom is -0.343 e. The number of carbonyl (C=O) groups excluding carboxylic acids is 1. The lowest BCUT2D eigenvalue weighted by Gasteiger charge is -2.20. The Morgan fingerprint density at radius 2 is 1.70 bits per heavy atom. The Kier molecular flexibility index (Phi) is 5.75. The number of nitrogens with zero attached hydrogens (tertiary/aromatic N) is 4. The van der Waals surface area contributed by atoms with E-state index in [2.05, 4.69) is 0 Å². The molecule has 30 heavy (non-hydrogen) atoms. The quantitative estimate of drug-likeness (QED) is 0.664. The number of aromatic nitrogens is 3. The third kappa shape index (κ3) is 3.66. The molecule has 3 aromatic rings. The van der Waals surface area contributed by atoms with Gasteiger partial charge in [-0.15, -0.1) is 0 Å². The minimum atomic E-state index is -0.0410. The van der Waals surface area contributed by atoms with Crippen LogP contribution < -0.4 is 5.56 Å². The average molecular weight is 407 g/mol. The number of likely N-dealkylation sites (tertiary alicyclic amines) is 1. The number of hydrogen-bond donors (Lipinski definition) is 0. The van der Waals surface area contributed by atoms with E-state index in [0.29, 0.717) is 12.8 Å². The van der Waals surface area contributed by atoms with Crippen molar-refractivity contribution in [3.05, 3.63) is 57.5 Å². The maximum atomic E-state index is 13.2. The maximum Gasteiger partial charge on any atom is 0.255 e. The lowest BCUT2D eigenvalue weighted by Crippen LogP contribution is -2.33. The van der Waals surface area contributed by atoms with Crippen molar-refractivity contribution < 1.29 is 4.79 Å². The highest BCUT2D eigenvalue weighted by Crippen LogP contribution is 2.26. The van der Waals surface area contributed by atoms with Crippen LogP contribution >= 0.6 is 0 Å². The molecule has 1 fully saturated rings. The fourth-order valence-corrected chi connectivity index (χ4v) is 4.63. The van der Waals surface area contributed by atoms with Gasteiger partial charge in [0.2, 0.25) is 5.91 Å². The van der Waals surface area contributed by atoms with Crippen LogP contribution in [0.15, 0.2) is 35.1 Å². The van der Waals surface area contributed by atoms with Gasteiger partial charge in [0, 0.05) is 37.5 Å². The van der Waals surface area contributed by atoms with Crippen LogP contribution in [-0.4, -0.2) is 38.2 Å². The fourth-order valence-electron chi connectivity index (χ4n) is 4.63. The summed E-state index contributed by atoms with van der Waals surface area (Å²) in [4.78, 5) is 28.0. The highest BCUT2D eigenvalue weighted by Gasteiger charge is 2.21. The predicted octanol–water partition coefficient (Wildman–Crippen LogP) is 3.68. The number of benzene rings is 1. The number of rotatable bonds is 4. The van der Waals surface area contributed by atoms with Crippen molar-refractivity contribution in [3.63, 3.8) is 0 Å². The van der Waals surface area contributed by atoms with Crippen molar-refractivity contribution in [3.8, 4) is 5.69 Å². The Balaban J connectivity index is 1.69. The summed E-state index contributed by atoms with van der Waals surface area (Å²) in [7, 11) is 1.80. The molecule has 6 heteroatoms. The van der Waals surface area contributed by atoms with Gasteiger partial charge < -0.3 is 4.90 Å². The van der Waals surface area contributed by atoms with Crippen LogP contribution in [0.25, 0.3) is 16.7 Å².